The summed E-state index contributed by atoms with van der Waals surface area (Å²) in [5, 5.41) is 6.20. The van der Waals surface area contributed by atoms with E-state index in [2.05, 4.69) is 15.6 Å². The van der Waals surface area contributed by atoms with Crippen molar-refractivity contribution in [2.45, 2.75) is 52.2 Å². The molecule has 0 fully saturated rings. The summed E-state index contributed by atoms with van der Waals surface area (Å²) in [6.45, 7) is 5.11. The van der Waals surface area contributed by atoms with Gasteiger partial charge in [-0.05, 0) is 26.7 Å². The Morgan fingerprint density at radius 3 is 2.85 bits per heavy atom. The number of rotatable bonds is 3. The second-order valence-electron chi connectivity index (χ2n) is 5.11. The second kappa shape index (κ2) is 6.21. The number of alkyl carbamates (subject to hydrolysis) is 1. The van der Waals surface area contributed by atoms with Gasteiger partial charge in [-0.25, -0.2) is 9.78 Å². The van der Waals surface area contributed by atoms with Crippen LogP contribution in [-0.2, 0) is 22.4 Å². The van der Waals surface area contributed by atoms with Crippen molar-refractivity contribution in [3.63, 3.8) is 0 Å². The van der Waals surface area contributed by atoms with Gasteiger partial charge in [-0.2, -0.15) is 0 Å². The van der Waals surface area contributed by atoms with Gasteiger partial charge in [0.05, 0.1) is 11.8 Å². The predicted molar refractivity (Wildman–Crippen MR) is 77.0 cm³/mol. The van der Waals surface area contributed by atoms with Gasteiger partial charge in [0.2, 0.25) is 5.91 Å². The number of fused-ring (bicyclic) bond motifs is 1. The number of aromatic nitrogens is 1. The second-order valence-corrected chi connectivity index (χ2v) is 6.19. The Labute approximate surface area is 121 Å². The maximum absolute atomic E-state index is 11.6. The molecule has 2 rings (SSSR count). The highest BCUT2D eigenvalue weighted by atomic mass is 32.1. The minimum atomic E-state index is -0.375. The third-order valence-electron chi connectivity index (χ3n) is 2.89. The van der Waals surface area contributed by atoms with Crippen LogP contribution in [0.3, 0.4) is 0 Å². The maximum atomic E-state index is 11.6. The number of amides is 2. The minimum Gasteiger partial charge on any atom is -0.447 e. The smallest absolute Gasteiger partial charge is 0.407 e. The molecule has 0 unspecified atom stereocenters. The third kappa shape index (κ3) is 3.93. The molecule has 0 saturated heterocycles. The molecule has 0 aliphatic heterocycles. The van der Waals surface area contributed by atoms with Gasteiger partial charge in [-0.15, -0.1) is 11.3 Å². The van der Waals surface area contributed by atoms with Crippen molar-refractivity contribution in [1.82, 2.24) is 10.3 Å². The number of carbonyl (C=O) groups excluding carboxylic acids is 2. The Bertz CT molecular complexity index is 513. The topological polar surface area (TPSA) is 80.3 Å². The van der Waals surface area contributed by atoms with Crippen LogP contribution in [0.2, 0.25) is 0 Å². The van der Waals surface area contributed by atoms with Crippen LogP contribution in [0.4, 0.5) is 9.93 Å². The minimum absolute atomic E-state index is 0.0689. The molecule has 0 spiro atoms. The van der Waals surface area contributed by atoms with E-state index < -0.39 is 0 Å². The molecule has 7 heteroatoms. The molecule has 0 aromatic carbocycles. The molecular formula is C13H19N3O3S. The van der Waals surface area contributed by atoms with Crippen molar-refractivity contribution < 1.29 is 14.3 Å². The normalized spacial score (nSPS) is 17.5. The van der Waals surface area contributed by atoms with Gasteiger partial charge in [0.1, 0.15) is 0 Å². The lowest BCUT2D eigenvalue weighted by atomic mass is 9.98. The average Bonchev–Trinajstić information content (AvgIpc) is 2.67. The summed E-state index contributed by atoms with van der Waals surface area (Å²) in [6.07, 6.45) is 1.88. The predicted octanol–water partition coefficient (Wildman–Crippen LogP) is 2.09. The average molecular weight is 297 g/mol. The quantitative estimate of drug-likeness (QED) is 0.895. The molecule has 0 radical (unpaired) electrons. The van der Waals surface area contributed by atoms with E-state index in [0.717, 1.165) is 29.8 Å². The highest BCUT2D eigenvalue weighted by molar-refractivity contribution is 7.15. The van der Waals surface area contributed by atoms with Gasteiger partial charge in [-0.1, -0.05) is 0 Å². The monoisotopic (exact) mass is 297 g/mol. The van der Waals surface area contributed by atoms with Crippen molar-refractivity contribution in [3.05, 3.63) is 10.6 Å². The zero-order chi connectivity index (χ0) is 14.7. The van der Waals surface area contributed by atoms with E-state index in [4.69, 9.17) is 4.74 Å². The molecule has 6 nitrogen and oxygen atoms in total. The molecule has 2 N–H and O–H groups in total. The molecule has 0 saturated carbocycles. The number of hydrogen-bond acceptors (Lipinski definition) is 5. The first-order valence-electron chi connectivity index (χ1n) is 6.67. The fourth-order valence-corrected chi connectivity index (χ4v) is 3.25. The van der Waals surface area contributed by atoms with E-state index in [9.17, 15) is 9.59 Å². The molecule has 110 valence electrons. The fraction of sp³-hybridized carbons (Fsp3) is 0.615. The van der Waals surface area contributed by atoms with Crippen LogP contribution in [0.1, 0.15) is 37.8 Å². The van der Waals surface area contributed by atoms with E-state index in [1.165, 1.54) is 18.3 Å². The lowest BCUT2D eigenvalue weighted by Crippen LogP contribution is -2.39. The Kier molecular flexibility index (Phi) is 4.59. The van der Waals surface area contributed by atoms with Crippen LogP contribution >= 0.6 is 11.3 Å². The molecule has 1 atom stereocenters. The molecule has 1 heterocycles. The lowest BCUT2D eigenvalue weighted by molar-refractivity contribution is -0.114. The number of thiazole rings is 1. The van der Waals surface area contributed by atoms with E-state index in [0.29, 0.717) is 5.13 Å². The van der Waals surface area contributed by atoms with Crippen LogP contribution in [-0.4, -0.2) is 29.1 Å². The molecule has 0 bridgehead atoms. The van der Waals surface area contributed by atoms with E-state index in [1.54, 1.807) is 0 Å². The van der Waals surface area contributed by atoms with Crippen molar-refractivity contribution in [2.75, 3.05) is 5.32 Å². The Balaban J connectivity index is 1.95. The summed E-state index contributed by atoms with van der Waals surface area (Å²) in [7, 11) is 0. The summed E-state index contributed by atoms with van der Waals surface area (Å²) < 4.78 is 5.08. The number of nitrogens with one attached hydrogen (secondary N) is 2. The van der Waals surface area contributed by atoms with Gasteiger partial charge in [-0.3, -0.25) is 4.79 Å². The van der Waals surface area contributed by atoms with Gasteiger partial charge in [0, 0.05) is 24.3 Å². The van der Waals surface area contributed by atoms with Crippen LogP contribution in [0.15, 0.2) is 0 Å². The maximum Gasteiger partial charge on any atom is 0.407 e. The number of ether oxygens (including phenoxy) is 1. The first-order chi connectivity index (χ1) is 9.44. The lowest BCUT2D eigenvalue weighted by Gasteiger charge is -2.22. The van der Waals surface area contributed by atoms with Crippen molar-refractivity contribution >= 4 is 28.5 Å². The fourth-order valence-electron chi connectivity index (χ4n) is 2.12. The Morgan fingerprint density at radius 1 is 1.45 bits per heavy atom. The summed E-state index contributed by atoms with van der Waals surface area (Å²) >= 11 is 1.47. The summed E-state index contributed by atoms with van der Waals surface area (Å²) in [5.74, 6) is -0.119. The zero-order valence-electron chi connectivity index (χ0n) is 11.9. The highest BCUT2D eigenvalue weighted by Crippen LogP contribution is 2.29. The van der Waals surface area contributed by atoms with Crippen LogP contribution in [0, 0.1) is 0 Å². The molecule has 1 aromatic heterocycles. The molecule has 1 aliphatic rings. The standard InChI is InChI=1S/C13H19N3O3S/c1-7(2)19-13(18)15-9-4-5-10-11(6-9)20-12(16-10)14-8(3)17/h7,9H,4-6H2,1-3H3,(H,15,18)(H,14,16,17)/t9-/m1/s1. The van der Waals surface area contributed by atoms with Crippen LogP contribution in [0.5, 0.6) is 0 Å². The summed E-state index contributed by atoms with van der Waals surface area (Å²) in [4.78, 5) is 28.1. The van der Waals surface area contributed by atoms with Gasteiger partial charge in [0.25, 0.3) is 0 Å². The number of nitrogens with zero attached hydrogens (tertiary/aromatic N) is 1. The van der Waals surface area contributed by atoms with E-state index >= 15 is 0 Å². The van der Waals surface area contributed by atoms with Crippen molar-refractivity contribution in [3.8, 4) is 0 Å². The summed E-state index contributed by atoms with van der Waals surface area (Å²) in [5.41, 5.74) is 1.02. The van der Waals surface area contributed by atoms with Gasteiger partial charge >= 0.3 is 6.09 Å². The molecule has 20 heavy (non-hydrogen) atoms. The van der Waals surface area contributed by atoms with Crippen LogP contribution in [0.25, 0.3) is 0 Å². The van der Waals surface area contributed by atoms with Gasteiger partial charge in [0.15, 0.2) is 5.13 Å². The molecule has 1 aromatic rings. The van der Waals surface area contributed by atoms with Crippen molar-refractivity contribution in [2.24, 2.45) is 0 Å². The molecule has 1 aliphatic carbocycles. The first kappa shape index (κ1) is 14.8. The summed E-state index contributed by atoms with van der Waals surface area (Å²) in [6, 6.07) is 0.0689. The highest BCUT2D eigenvalue weighted by Gasteiger charge is 2.24. The SMILES string of the molecule is CC(=O)Nc1nc2c(s1)C[C@H](NC(=O)OC(C)C)CC2. The van der Waals surface area contributed by atoms with Gasteiger partial charge < -0.3 is 15.4 Å². The Hall–Kier alpha value is -1.63. The number of aryl methyl sites for hydroxylation is 1. The molecule has 2 amide bonds. The van der Waals surface area contributed by atoms with E-state index in [-0.39, 0.29) is 24.1 Å². The first-order valence-corrected chi connectivity index (χ1v) is 7.49. The Morgan fingerprint density at radius 2 is 2.20 bits per heavy atom. The largest absolute Gasteiger partial charge is 0.447 e. The number of carbonyl (C=O) groups is 2. The number of anilines is 1. The third-order valence-corrected chi connectivity index (χ3v) is 3.92. The van der Waals surface area contributed by atoms with Crippen LogP contribution < -0.4 is 10.6 Å². The van der Waals surface area contributed by atoms with E-state index in [1.807, 2.05) is 13.8 Å². The zero-order valence-corrected chi connectivity index (χ0v) is 12.7. The molecular weight excluding hydrogens is 278 g/mol. The van der Waals surface area contributed by atoms with Crippen molar-refractivity contribution in [1.29, 1.82) is 0 Å². The number of hydrogen-bond donors (Lipinski definition) is 2.